The number of sulfonamides is 1. The average Bonchev–Trinajstić information content (AvgIpc) is 3.06. The van der Waals surface area contributed by atoms with Crippen molar-refractivity contribution in [2.75, 3.05) is 20.5 Å². The maximum atomic E-state index is 13.6. The Morgan fingerprint density at radius 1 is 1.15 bits per heavy atom. The molecule has 0 radical (unpaired) electrons. The molecule has 1 aliphatic heterocycles. The molecule has 0 N–H and O–H groups in total. The summed E-state index contributed by atoms with van der Waals surface area (Å²) < 4.78 is 49.6. The number of hydrogen-bond donors (Lipinski definition) is 0. The van der Waals surface area contributed by atoms with Gasteiger partial charge in [0.2, 0.25) is 10.0 Å². The molecule has 2 aromatic rings. The first kappa shape index (κ1) is 18.2. The highest BCUT2D eigenvalue weighted by molar-refractivity contribution is 7.88. The van der Waals surface area contributed by atoms with Crippen molar-refractivity contribution < 1.29 is 22.3 Å². The summed E-state index contributed by atoms with van der Waals surface area (Å²) in [5.41, 5.74) is 1.76. The van der Waals surface area contributed by atoms with Crippen LogP contribution in [0.3, 0.4) is 0 Å². The molecule has 2 aromatic carbocycles. The third kappa shape index (κ3) is 3.50. The molecule has 3 rings (SSSR count). The second-order valence-corrected chi connectivity index (χ2v) is 7.76. The third-order valence-electron chi connectivity index (χ3n) is 4.17. The van der Waals surface area contributed by atoms with Gasteiger partial charge in [0.25, 0.3) is 0 Å². The highest BCUT2D eigenvalue weighted by atomic mass is 32.2. The van der Waals surface area contributed by atoms with Crippen LogP contribution in [0.15, 0.2) is 47.6 Å². The van der Waals surface area contributed by atoms with Gasteiger partial charge >= 0.3 is 0 Å². The normalized spacial score (nSPS) is 17.2. The first-order valence-corrected chi connectivity index (χ1v) is 9.73. The van der Waals surface area contributed by atoms with Gasteiger partial charge in [-0.15, -0.1) is 0 Å². The van der Waals surface area contributed by atoms with E-state index in [1.807, 2.05) is 0 Å². The van der Waals surface area contributed by atoms with E-state index < -0.39 is 21.9 Å². The maximum absolute atomic E-state index is 13.6. The Balaban J connectivity index is 2.05. The molecule has 0 fully saturated rings. The monoisotopic (exact) mass is 378 g/mol. The van der Waals surface area contributed by atoms with Crippen molar-refractivity contribution in [3.63, 3.8) is 0 Å². The number of halogens is 1. The maximum Gasteiger partial charge on any atom is 0.247 e. The molecule has 1 heterocycles. The van der Waals surface area contributed by atoms with Crippen LogP contribution in [-0.2, 0) is 10.0 Å². The van der Waals surface area contributed by atoms with E-state index in [-0.39, 0.29) is 0 Å². The Morgan fingerprint density at radius 3 is 2.54 bits per heavy atom. The number of ether oxygens (including phenoxy) is 2. The van der Waals surface area contributed by atoms with E-state index >= 15 is 0 Å². The van der Waals surface area contributed by atoms with Gasteiger partial charge in [0, 0.05) is 18.1 Å². The number of benzene rings is 2. The summed E-state index contributed by atoms with van der Waals surface area (Å²) in [4.78, 5) is 0. The van der Waals surface area contributed by atoms with Crippen molar-refractivity contribution >= 4 is 15.7 Å². The number of nitrogens with zero attached hydrogens (tertiary/aromatic N) is 2. The summed E-state index contributed by atoms with van der Waals surface area (Å²) in [6.07, 6.45) is 1.39. The molecular weight excluding hydrogens is 359 g/mol. The predicted molar refractivity (Wildman–Crippen MR) is 96.5 cm³/mol. The zero-order valence-electron chi connectivity index (χ0n) is 14.6. The zero-order chi connectivity index (χ0) is 18.9. The minimum absolute atomic E-state index is 0.305. The summed E-state index contributed by atoms with van der Waals surface area (Å²) in [6.45, 7) is 0. The van der Waals surface area contributed by atoms with Gasteiger partial charge in [-0.05, 0) is 29.8 Å². The number of rotatable bonds is 5. The van der Waals surface area contributed by atoms with E-state index in [1.165, 1.54) is 19.2 Å². The second-order valence-electron chi connectivity index (χ2n) is 5.92. The molecule has 6 nitrogen and oxygen atoms in total. The molecule has 0 aliphatic carbocycles. The fraction of sp³-hybridized carbons (Fsp3) is 0.278. The van der Waals surface area contributed by atoms with Crippen LogP contribution < -0.4 is 9.47 Å². The Morgan fingerprint density at radius 2 is 1.92 bits per heavy atom. The Hall–Kier alpha value is -2.61. The predicted octanol–water partition coefficient (Wildman–Crippen LogP) is 2.95. The summed E-state index contributed by atoms with van der Waals surface area (Å²) in [5, 5.41) is 4.30. The summed E-state index contributed by atoms with van der Waals surface area (Å²) in [5.74, 6) is 0.716. The number of hydrogen-bond acceptors (Lipinski definition) is 5. The van der Waals surface area contributed by atoms with Crippen LogP contribution >= 0.6 is 0 Å². The van der Waals surface area contributed by atoms with Crippen LogP contribution in [0.2, 0.25) is 0 Å². The highest BCUT2D eigenvalue weighted by Crippen LogP contribution is 2.37. The van der Waals surface area contributed by atoms with Gasteiger partial charge in [-0.3, -0.25) is 0 Å². The van der Waals surface area contributed by atoms with Gasteiger partial charge in [0.05, 0.1) is 32.2 Å². The van der Waals surface area contributed by atoms with Gasteiger partial charge < -0.3 is 9.47 Å². The molecule has 0 spiro atoms. The molecule has 0 saturated carbocycles. The van der Waals surface area contributed by atoms with Crippen LogP contribution in [0.5, 0.6) is 11.5 Å². The molecule has 0 saturated heterocycles. The minimum atomic E-state index is -3.63. The molecule has 0 aromatic heterocycles. The molecule has 138 valence electrons. The van der Waals surface area contributed by atoms with E-state index in [0.717, 1.165) is 10.7 Å². The second kappa shape index (κ2) is 6.95. The lowest BCUT2D eigenvalue weighted by Gasteiger charge is -2.21. The smallest absolute Gasteiger partial charge is 0.247 e. The molecule has 26 heavy (non-hydrogen) atoms. The van der Waals surface area contributed by atoms with Crippen molar-refractivity contribution in [2.24, 2.45) is 5.10 Å². The van der Waals surface area contributed by atoms with Crippen molar-refractivity contribution in [2.45, 2.75) is 12.5 Å². The standard InChI is InChI=1S/C18H19FN2O4S/c1-24-14-7-8-15(18(10-14)25-2)16-11-17(21(20-16)26(3,22)23)12-5-4-6-13(19)9-12/h4-10,17H,11H2,1-3H3. The quantitative estimate of drug-likeness (QED) is 0.802. The van der Waals surface area contributed by atoms with E-state index in [2.05, 4.69) is 5.10 Å². The molecular formula is C18H19FN2O4S. The van der Waals surface area contributed by atoms with Crippen LogP contribution in [0, 0.1) is 5.82 Å². The van der Waals surface area contributed by atoms with Crippen LogP contribution in [0.1, 0.15) is 23.6 Å². The van der Waals surface area contributed by atoms with E-state index in [4.69, 9.17) is 9.47 Å². The Bertz CT molecular complexity index is 959. The number of methoxy groups -OCH3 is 2. The average molecular weight is 378 g/mol. The van der Waals surface area contributed by atoms with Gasteiger partial charge in [-0.2, -0.15) is 9.52 Å². The lowest BCUT2D eigenvalue weighted by atomic mass is 9.98. The lowest BCUT2D eigenvalue weighted by Crippen LogP contribution is -2.26. The molecule has 1 atom stereocenters. The molecule has 0 amide bonds. The van der Waals surface area contributed by atoms with Crippen molar-refractivity contribution in [3.8, 4) is 11.5 Å². The van der Waals surface area contributed by atoms with Gasteiger partial charge in [-0.1, -0.05) is 12.1 Å². The number of hydrazone groups is 1. The largest absolute Gasteiger partial charge is 0.497 e. The van der Waals surface area contributed by atoms with Gasteiger partial charge in [0.1, 0.15) is 17.3 Å². The Labute approximate surface area is 151 Å². The van der Waals surface area contributed by atoms with Crippen molar-refractivity contribution in [1.82, 2.24) is 4.41 Å². The van der Waals surface area contributed by atoms with E-state index in [9.17, 15) is 12.8 Å². The first-order valence-electron chi connectivity index (χ1n) is 7.88. The van der Waals surface area contributed by atoms with Gasteiger partial charge in [-0.25, -0.2) is 12.8 Å². The molecule has 1 unspecified atom stereocenters. The molecule has 8 heteroatoms. The third-order valence-corrected chi connectivity index (χ3v) is 5.18. The highest BCUT2D eigenvalue weighted by Gasteiger charge is 2.35. The van der Waals surface area contributed by atoms with Crippen molar-refractivity contribution in [3.05, 3.63) is 59.4 Å². The topological polar surface area (TPSA) is 68.2 Å². The van der Waals surface area contributed by atoms with Gasteiger partial charge in [0.15, 0.2) is 0 Å². The summed E-state index contributed by atoms with van der Waals surface area (Å²) in [7, 11) is -0.560. The van der Waals surface area contributed by atoms with Crippen LogP contribution in [0.4, 0.5) is 4.39 Å². The SMILES string of the molecule is COc1ccc(C2=NN(S(C)(=O)=O)C(c3cccc(F)c3)C2)c(OC)c1. The Kier molecular flexibility index (Phi) is 4.86. The lowest BCUT2D eigenvalue weighted by molar-refractivity contribution is 0.373. The van der Waals surface area contributed by atoms with Crippen LogP contribution in [-0.4, -0.2) is 39.0 Å². The van der Waals surface area contributed by atoms with Crippen LogP contribution in [0.25, 0.3) is 0 Å². The fourth-order valence-corrected chi connectivity index (χ4v) is 3.86. The van der Waals surface area contributed by atoms with E-state index in [1.54, 1.807) is 37.4 Å². The van der Waals surface area contributed by atoms with Crippen molar-refractivity contribution in [1.29, 1.82) is 0 Å². The zero-order valence-corrected chi connectivity index (χ0v) is 15.5. The first-order chi connectivity index (χ1) is 12.3. The van der Waals surface area contributed by atoms with E-state index in [0.29, 0.717) is 34.8 Å². The summed E-state index contributed by atoms with van der Waals surface area (Å²) in [6, 6.07) is 10.5. The minimum Gasteiger partial charge on any atom is -0.497 e. The fourth-order valence-electron chi connectivity index (χ4n) is 2.96. The summed E-state index contributed by atoms with van der Waals surface area (Å²) >= 11 is 0. The molecule has 1 aliphatic rings. The molecule has 0 bridgehead atoms.